The topological polar surface area (TPSA) is 130 Å². The fourth-order valence-electron chi connectivity index (χ4n) is 7.03. The smallest absolute Gasteiger partial charge is 0.490 e. The summed E-state index contributed by atoms with van der Waals surface area (Å²) in [5.41, 5.74) is 5.74. The third-order valence-electron chi connectivity index (χ3n) is 9.50. The predicted octanol–water partition coefficient (Wildman–Crippen LogP) is 6.82. The number of carbonyl (C=O) groups is 2. The van der Waals surface area contributed by atoms with E-state index in [-0.39, 0.29) is 29.1 Å². The molecule has 9 nitrogen and oxygen atoms in total. The third kappa shape index (κ3) is 8.08. The Kier molecular flexibility index (Phi) is 11.2. The molecule has 1 aliphatic carbocycles. The van der Waals surface area contributed by atoms with Crippen molar-refractivity contribution in [2.24, 2.45) is 5.73 Å². The van der Waals surface area contributed by atoms with Gasteiger partial charge in [0.15, 0.2) is 6.04 Å². The lowest BCUT2D eigenvalue weighted by Gasteiger charge is -2.42. The van der Waals surface area contributed by atoms with Crippen LogP contribution in [0.4, 0.5) is 22.0 Å². The summed E-state index contributed by atoms with van der Waals surface area (Å²) < 4.78 is 100.0. The van der Waals surface area contributed by atoms with Gasteiger partial charge in [-0.25, -0.2) is 13.2 Å². The highest BCUT2D eigenvalue weighted by molar-refractivity contribution is 9.10. The zero-order chi connectivity index (χ0) is 36.6. The average molecular weight is 791 g/mol. The molecular formula is C34H37BrF5N3O6S. The number of carboxylic acids is 1. The Morgan fingerprint density at radius 2 is 1.46 bits per heavy atom. The minimum atomic E-state index is -5.08. The standard InChI is InChI=1S/C32H36BrF2N3O4S.C2HF3O2/c1-37(43(40,41)29-15-7-20-16-28(14-6-21(20)17-29)42-27-4-2-3-5-27)30(32(34,35)22-8-10-23(33)11-9-22)31(39)38-25-12-13-26(38)19-24(36)18-25;3-2(4,5)1(6)7/h6-11,14-17,24-27,30H,2-5,12-13,18-19,36H2,1H3;(H,6,7)/t24?,25?,26?,30-;/m0./s1. The van der Waals surface area contributed by atoms with Gasteiger partial charge in [-0.15, -0.1) is 0 Å². The van der Waals surface area contributed by atoms with Gasteiger partial charge < -0.3 is 20.5 Å². The van der Waals surface area contributed by atoms with Crippen LogP contribution in [0.25, 0.3) is 10.8 Å². The number of amides is 1. The first-order chi connectivity index (χ1) is 23.4. The number of nitrogens with zero attached hydrogens (tertiary/aromatic N) is 2. The Bertz CT molecular complexity index is 1810. The molecule has 3 aromatic carbocycles. The average Bonchev–Trinajstić information content (AvgIpc) is 3.66. The SMILES string of the molecule is CN([C@@H](C(=O)N1C2CCC1CC(N)C2)C(F)(F)c1ccc(Br)cc1)S(=O)(=O)c1ccc2cc(OC3CCCC3)ccc2c1.O=C(O)C(F)(F)F. The van der Waals surface area contributed by atoms with E-state index in [0.29, 0.717) is 45.6 Å². The summed E-state index contributed by atoms with van der Waals surface area (Å²) in [6.45, 7) is 0. The number of ether oxygens (including phenoxy) is 1. The maximum atomic E-state index is 16.5. The number of rotatable bonds is 8. The van der Waals surface area contributed by atoms with Crippen molar-refractivity contribution in [1.82, 2.24) is 9.21 Å². The van der Waals surface area contributed by atoms with Gasteiger partial charge in [0.25, 0.3) is 5.92 Å². The predicted molar refractivity (Wildman–Crippen MR) is 178 cm³/mol. The Hall–Kier alpha value is -3.34. The normalized spacial score (nSPS) is 21.9. The van der Waals surface area contributed by atoms with Gasteiger partial charge in [-0.1, -0.05) is 40.2 Å². The number of carboxylic acid groups (broad SMARTS) is 1. The molecule has 0 spiro atoms. The highest BCUT2D eigenvalue weighted by Crippen LogP contribution is 2.42. The van der Waals surface area contributed by atoms with Crippen molar-refractivity contribution in [1.29, 1.82) is 0 Å². The Morgan fingerprint density at radius 3 is 2.02 bits per heavy atom. The zero-order valence-corrected chi connectivity index (χ0v) is 29.4. The van der Waals surface area contributed by atoms with Crippen LogP contribution in [0.5, 0.6) is 5.75 Å². The van der Waals surface area contributed by atoms with E-state index in [1.54, 1.807) is 18.2 Å². The summed E-state index contributed by atoms with van der Waals surface area (Å²) in [5.74, 6) is -6.76. The van der Waals surface area contributed by atoms with Crippen molar-refractivity contribution >= 4 is 48.6 Å². The fourth-order valence-corrected chi connectivity index (χ4v) is 8.64. The Morgan fingerprint density at radius 1 is 0.920 bits per heavy atom. The molecule has 3 N–H and O–H groups in total. The lowest BCUT2D eigenvalue weighted by atomic mass is 9.94. The number of hydrogen-bond acceptors (Lipinski definition) is 6. The van der Waals surface area contributed by atoms with Gasteiger partial charge in [0.2, 0.25) is 15.9 Å². The minimum absolute atomic E-state index is 0.116. The van der Waals surface area contributed by atoms with Crippen molar-refractivity contribution < 1.29 is 49.8 Å². The molecule has 3 aliphatic rings. The number of alkyl halides is 5. The maximum Gasteiger partial charge on any atom is 0.490 e. The second kappa shape index (κ2) is 14.7. The van der Waals surface area contributed by atoms with Gasteiger partial charge in [0.05, 0.1) is 11.0 Å². The van der Waals surface area contributed by atoms with Crippen LogP contribution in [0.3, 0.4) is 0 Å². The van der Waals surface area contributed by atoms with Crippen LogP contribution in [-0.2, 0) is 25.5 Å². The van der Waals surface area contributed by atoms with Crippen LogP contribution in [-0.4, -0.2) is 78.1 Å². The molecule has 3 atom stereocenters. The van der Waals surface area contributed by atoms with Gasteiger partial charge in [-0.3, -0.25) is 4.79 Å². The van der Waals surface area contributed by atoms with Crippen LogP contribution in [0.2, 0.25) is 0 Å². The van der Waals surface area contributed by atoms with E-state index in [1.807, 2.05) is 6.07 Å². The molecule has 16 heteroatoms. The van der Waals surface area contributed by atoms with Gasteiger partial charge in [0.1, 0.15) is 5.75 Å². The molecule has 2 aliphatic heterocycles. The Labute approximate surface area is 294 Å². The second-order valence-electron chi connectivity index (χ2n) is 12.9. The second-order valence-corrected chi connectivity index (χ2v) is 15.8. The van der Waals surface area contributed by atoms with Crippen molar-refractivity contribution in [2.75, 3.05) is 7.05 Å². The van der Waals surface area contributed by atoms with Gasteiger partial charge in [0, 0.05) is 35.2 Å². The molecule has 2 heterocycles. The Balaban J connectivity index is 0.000000630. The van der Waals surface area contributed by atoms with Crippen LogP contribution in [0.15, 0.2) is 70.0 Å². The summed E-state index contributed by atoms with van der Waals surface area (Å²) in [7, 11) is -3.45. The number of sulfonamides is 1. The summed E-state index contributed by atoms with van der Waals surface area (Å²) >= 11 is 3.26. The molecule has 272 valence electrons. The number of hydrogen-bond donors (Lipinski definition) is 2. The van der Waals surface area contributed by atoms with E-state index >= 15 is 8.78 Å². The van der Waals surface area contributed by atoms with Crippen molar-refractivity contribution in [3.8, 4) is 5.75 Å². The number of halogens is 6. The molecule has 3 fully saturated rings. The monoisotopic (exact) mass is 789 g/mol. The minimum Gasteiger partial charge on any atom is -0.490 e. The molecule has 50 heavy (non-hydrogen) atoms. The van der Waals surface area contributed by atoms with Crippen LogP contribution >= 0.6 is 15.9 Å². The molecule has 2 bridgehead atoms. The van der Waals surface area contributed by atoms with Gasteiger partial charge in [-0.2, -0.15) is 26.3 Å². The number of benzene rings is 3. The first-order valence-corrected chi connectivity index (χ1v) is 18.3. The first-order valence-electron chi connectivity index (χ1n) is 16.1. The maximum absolute atomic E-state index is 16.5. The highest BCUT2D eigenvalue weighted by atomic mass is 79.9. The van der Waals surface area contributed by atoms with Crippen LogP contribution in [0, 0.1) is 0 Å². The number of nitrogens with two attached hydrogens (primary N) is 1. The third-order valence-corrected chi connectivity index (χ3v) is 11.8. The van der Waals surface area contributed by atoms with E-state index in [0.717, 1.165) is 38.1 Å². The van der Waals surface area contributed by atoms with Crippen LogP contribution in [0.1, 0.15) is 56.9 Å². The lowest BCUT2D eigenvalue weighted by molar-refractivity contribution is -0.192. The van der Waals surface area contributed by atoms with Crippen molar-refractivity contribution in [3.63, 3.8) is 0 Å². The molecule has 1 saturated carbocycles. The fraction of sp³-hybridized carbons (Fsp3) is 0.471. The number of piperidine rings is 1. The van der Waals surface area contributed by atoms with E-state index in [1.165, 1.54) is 41.3 Å². The van der Waals surface area contributed by atoms with Crippen molar-refractivity contribution in [2.45, 2.75) is 98.6 Å². The van der Waals surface area contributed by atoms with E-state index < -0.39 is 45.6 Å². The number of likely N-dealkylation sites (N-methyl/N-ethyl adjacent to an activating group) is 1. The molecule has 2 saturated heterocycles. The van der Waals surface area contributed by atoms with E-state index in [4.69, 9.17) is 20.4 Å². The van der Waals surface area contributed by atoms with Gasteiger partial charge >= 0.3 is 12.1 Å². The number of fused-ring (bicyclic) bond motifs is 3. The van der Waals surface area contributed by atoms with E-state index in [2.05, 4.69) is 15.9 Å². The van der Waals surface area contributed by atoms with Crippen molar-refractivity contribution in [3.05, 3.63) is 70.7 Å². The molecular weight excluding hydrogens is 753 g/mol. The molecule has 0 radical (unpaired) electrons. The summed E-state index contributed by atoms with van der Waals surface area (Å²) in [4.78, 5) is 24.4. The number of aliphatic carboxylic acids is 1. The van der Waals surface area contributed by atoms with Gasteiger partial charge in [-0.05, 0) is 98.5 Å². The number of carbonyl (C=O) groups excluding carboxylic acids is 1. The molecule has 1 amide bonds. The molecule has 0 aromatic heterocycles. The van der Waals surface area contributed by atoms with Crippen LogP contribution < -0.4 is 10.5 Å². The summed E-state index contributed by atoms with van der Waals surface area (Å²) in [6.07, 6.45) is 1.74. The summed E-state index contributed by atoms with van der Waals surface area (Å²) in [6, 6.07) is 12.3. The quantitative estimate of drug-likeness (QED) is 0.240. The molecule has 6 rings (SSSR count). The molecule has 3 aromatic rings. The zero-order valence-electron chi connectivity index (χ0n) is 27.0. The largest absolute Gasteiger partial charge is 0.490 e. The first kappa shape index (κ1) is 37.9. The highest BCUT2D eigenvalue weighted by Gasteiger charge is 2.56. The molecule has 2 unspecified atom stereocenters. The lowest BCUT2D eigenvalue weighted by Crippen LogP contribution is -2.61. The van der Waals surface area contributed by atoms with E-state index in [9.17, 15) is 26.4 Å². The summed E-state index contributed by atoms with van der Waals surface area (Å²) in [5, 5.41) is 8.52.